The minimum atomic E-state index is 0.435. The molecule has 1 atom stereocenters. The lowest BCUT2D eigenvalue weighted by atomic mass is 9.98. The highest BCUT2D eigenvalue weighted by atomic mass is 14.3. The third-order valence-electron chi connectivity index (χ3n) is 1.62. The molecule has 1 unspecified atom stereocenters. The summed E-state index contributed by atoms with van der Waals surface area (Å²) in [7, 11) is 0. The average molecular weight is 136 g/mol. The first-order chi connectivity index (χ1) is 4.85. The fourth-order valence-corrected chi connectivity index (χ4v) is 0.848. The first-order valence-electron chi connectivity index (χ1n) is 3.59. The smallest absolute Gasteiger partial charge is 0.0624 e. The van der Waals surface area contributed by atoms with Gasteiger partial charge in [0.15, 0.2) is 0 Å². The molecule has 0 aromatic heterocycles. The van der Waals surface area contributed by atoms with Crippen LogP contribution in [0.2, 0.25) is 0 Å². The molecule has 0 spiro atoms. The van der Waals surface area contributed by atoms with Gasteiger partial charge in [-0.05, 0) is 12.3 Å². The van der Waals surface area contributed by atoms with Gasteiger partial charge in [0, 0.05) is 12.8 Å². The van der Waals surface area contributed by atoms with E-state index in [2.05, 4.69) is 19.1 Å². The summed E-state index contributed by atoms with van der Waals surface area (Å²) >= 11 is 0. The molecule has 54 valence electrons. The van der Waals surface area contributed by atoms with Gasteiger partial charge in [-0.1, -0.05) is 13.3 Å². The van der Waals surface area contributed by atoms with Gasteiger partial charge in [0.25, 0.3) is 0 Å². The minimum Gasteiger partial charge on any atom is -0.198 e. The number of hydrogen-bond acceptors (Lipinski definition) is 2. The standard InChI is InChI=1S/C8H12N2/c1-2-8(5-7-10)4-3-6-9/h8H,2-5H2,1H3. The van der Waals surface area contributed by atoms with Gasteiger partial charge in [-0.25, -0.2) is 0 Å². The Bertz CT molecular complexity index is 150. The second kappa shape index (κ2) is 6.11. The molecular weight excluding hydrogens is 124 g/mol. The molecule has 2 nitrogen and oxygen atoms in total. The van der Waals surface area contributed by atoms with Crippen molar-refractivity contribution in [3.63, 3.8) is 0 Å². The van der Waals surface area contributed by atoms with Crippen LogP contribution in [-0.2, 0) is 0 Å². The Balaban J connectivity index is 3.44. The first kappa shape index (κ1) is 8.98. The van der Waals surface area contributed by atoms with Crippen molar-refractivity contribution in [2.45, 2.75) is 32.6 Å². The lowest BCUT2D eigenvalue weighted by Crippen LogP contribution is -1.95. The number of hydrogen-bond donors (Lipinski definition) is 0. The van der Waals surface area contributed by atoms with Gasteiger partial charge >= 0.3 is 0 Å². The highest BCUT2D eigenvalue weighted by Crippen LogP contribution is 2.13. The zero-order chi connectivity index (χ0) is 7.82. The van der Waals surface area contributed by atoms with Crippen molar-refractivity contribution < 1.29 is 0 Å². The number of nitrogens with zero attached hydrogens (tertiary/aromatic N) is 2. The van der Waals surface area contributed by atoms with Crippen LogP contribution in [0.3, 0.4) is 0 Å². The van der Waals surface area contributed by atoms with E-state index in [1.807, 2.05) is 0 Å². The molecule has 0 N–H and O–H groups in total. The van der Waals surface area contributed by atoms with Gasteiger partial charge in [0.1, 0.15) is 0 Å². The van der Waals surface area contributed by atoms with Crippen LogP contribution in [0.5, 0.6) is 0 Å². The quantitative estimate of drug-likeness (QED) is 0.595. The maximum Gasteiger partial charge on any atom is 0.0624 e. The molecule has 0 aromatic carbocycles. The van der Waals surface area contributed by atoms with Gasteiger partial charge in [-0.3, -0.25) is 0 Å². The predicted octanol–water partition coefficient (Wildman–Crippen LogP) is 2.23. The topological polar surface area (TPSA) is 47.6 Å². The molecule has 0 heterocycles. The third kappa shape index (κ3) is 3.92. The van der Waals surface area contributed by atoms with Crippen LogP contribution in [0.25, 0.3) is 0 Å². The van der Waals surface area contributed by atoms with Crippen LogP contribution in [-0.4, -0.2) is 0 Å². The Labute approximate surface area is 62.1 Å². The molecular formula is C8H12N2. The summed E-state index contributed by atoms with van der Waals surface area (Å²) in [5.74, 6) is 0.435. The van der Waals surface area contributed by atoms with E-state index in [0.29, 0.717) is 18.8 Å². The highest BCUT2D eigenvalue weighted by molar-refractivity contribution is 4.78. The molecule has 0 fully saturated rings. The SMILES string of the molecule is CCC(CC#N)CCC#N. The van der Waals surface area contributed by atoms with Crippen molar-refractivity contribution >= 4 is 0 Å². The van der Waals surface area contributed by atoms with Crippen molar-refractivity contribution in [2.75, 3.05) is 0 Å². The normalized spacial score (nSPS) is 11.5. The summed E-state index contributed by atoms with van der Waals surface area (Å²) in [4.78, 5) is 0. The second-order valence-electron chi connectivity index (χ2n) is 2.33. The van der Waals surface area contributed by atoms with Crippen LogP contribution < -0.4 is 0 Å². The Kier molecular flexibility index (Phi) is 5.48. The fourth-order valence-electron chi connectivity index (χ4n) is 0.848. The first-order valence-corrected chi connectivity index (χ1v) is 3.59. The summed E-state index contributed by atoms with van der Waals surface area (Å²) in [6.07, 6.45) is 3.06. The van der Waals surface area contributed by atoms with E-state index in [9.17, 15) is 0 Å². The lowest BCUT2D eigenvalue weighted by Gasteiger charge is -2.05. The van der Waals surface area contributed by atoms with Gasteiger partial charge in [0.05, 0.1) is 12.1 Å². The van der Waals surface area contributed by atoms with E-state index in [1.54, 1.807) is 0 Å². The summed E-state index contributed by atoms with van der Waals surface area (Å²) in [5, 5.41) is 16.6. The Hall–Kier alpha value is -1.02. The molecule has 0 aliphatic carbocycles. The average Bonchev–Trinajstić information content (AvgIpc) is 1.98. The van der Waals surface area contributed by atoms with Crippen molar-refractivity contribution in [3.8, 4) is 12.1 Å². The molecule has 0 saturated carbocycles. The molecule has 2 heteroatoms. The van der Waals surface area contributed by atoms with E-state index in [-0.39, 0.29) is 0 Å². The van der Waals surface area contributed by atoms with Crippen LogP contribution in [0.1, 0.15) is 32.6 Å². The minimum absolute atomic E-state index is 0.435. The lowest BCUT2D eigenvalue weighted by molar-refractivity contribution is 0.487. The number of rotatable bonds is 4. The van der Waals surface area contributed by atoms with Crippen LogP contribution in [0.15, 0.2) is 0 Å². The van der Waals surface area contributed by atoms with Gasteiger partial charge in [-0.2, -0.15) is 10.5 Å². The molecule has 0 aromatic rings. The summed E-state index contributed by atoms with van der Waals surface area (Å²) in [6, 6.07) is 4.20. The van der Waals surface area contributed by atoms with Gasteiger partial charge < -0.3 is 0 Å². The largest absolute Gasteiger partial charge is 0.198 e. The highest BCUT2D eigenvalue weighted by Gasteiger charge is 2.03. The van der Waals surface area contributed by atoms with Gasteiger partial charge in [-0.15, -0.1) is 0 Å². The van der Waals surface area contributed by atoms with Crippen LogP contribution in [0, 0.1) is 28.6 Å². The Morgan fingerprint density at radius 1 is 1.30 bits per heavy atom. The fraction of sp³-hybridized carbons (Fsp3) is 0.750. The molecule has 10 heavy (non-hydrogen) atoms. The molecule has 0 radical (unpaired) electrons. The van der Waals surface area contributed by atoms with E-state index in [0.717, 1.165) is 12.8 Å². The molecule has 0 rings (SSSR count). The predicted molar refractivity (Wildman–Crippen MR) is 38.9 cm³/mol. The monoisotopic (exact) mass is 136 g/mol. The zero-order valence-electron chi connectivity index (χ0n) is 6.30. The van der Waals surface area contributed by atoms with E-state index in [4.69, 9.17) is 10.5 Å². The van der Waals surface area contributed by atoms with Crippen molar-refractivity contribution in [3.05, 3.63) is 0 Å². The maximum atomic E-state index is 8.33. The second-order valence-corrected chi connectivity index (χ2v) is 2.33. The van der Waals surface area contributed by atoms with Crippen LogP contribution in [0.4, 0.5) is 0 Å². The third-order valence-corrected chi connectivity index (χ3v) is 1.62. The van der Waals surface area contributed by atoms with Crippen molar-refractivity contribution in [2.24, 2.45) is 5.92 Å². The maximum absolute atomic E-state index is 8.33. The molecule has 0 aliphatic rings. The van der Waals surface area contributed by atoms with Crippen molar-refractivity contribution in [1.82, 2.24) is 0 Å². The molecule has 0 amide bonds. The Morgan fingerprint density at radius 2 is 2.00 bits per heavy atom. The Morgan fingerprint density at radius 3 is 2.40 bits per heavy atom. The van der Waals surface area contributed by atoms with Gasteiger partial charge in [0.2, 0.25) is 0 Å². The summed E-state index contributed by atoms with van der Waals surface area (Å²) in [6.45, 7) is 2.05. The molecule has 0 saturated heterocycles. The number of nitriles is 2. The van der Waals surface area contributed by atoms with E-state index in [1.165, 1.54) is 0 Å². The van der Waals surface area contributed by atoms with Crippen molar-refractivity contribution in [1.29, 1.82) is 10.5 Å². The molecule has 0 bridgehead atoms. The molecule has 0 aliphatic heterocycles. The van der Waals surface area contributed by atoms with E-state index < -0.39 is 0 Å². The summed E-state index contributed by atoms with van der Waals surface area (Å²) in [5.41, 5.74) is 0. The van der Waals surface area contributed by atoms with E-state index >= 15 is 0 Å². The summed E-state index contributed by atoms with van der Waals surface area (Å²) < 4.78 is 0. The van der Waals surface area contributed by atoms with Crippen LogP contribution >= 0.6 is 0 Å². The zero-order valence-corrected chi connectivity index (χ0v) is 6.30.